The third-order valence-electron chi connectivity index (χ3n) is 4.03. The standard InChI is InChI=1S/C18H15NO6/c1-9(2)13-14-12(25-18(13)19(23)24)8-11(20)17(22)15(14)16(21)10-6-4-3-5-7-10/h3-9,11,20H,1-2H3. The average molecular weight is 341 g/mol. The first-order chi connectivity index (χ1) is 11.8. The monoisotopic (exact) mass is 341 g/mol. The number of fused-ring (bicyclic) bond motifs is 1. The molecular weight excluding hydrogens is 326 g/mol. The Balaban J connectivity index is 2.44. The summed E-state index contributed by atoms with van der Waals surface area (Å²) in [5, 5.41) is 21.4. The molecule has 0 aliphatic heterocycles. The summed E-state index contributed by atoms with van der Waals surface area (Å²) < 4.78 is 5.26. The lowest BCUT2D eigenvalue weighted by atomic mass is 9.89. The van der Waals surface area contributed by atoms with E-state index in [0.29, 0.717) is 0 Å². The molecular formula is C18H15NO6. The molecule has 25 heavy (non-hydrogen) atoms. The second kappa shape index (κ2) is 6.10. The Kier molecular flexibility index (Phi) is 4.10. The van der Waals surface area contributed by atoms with E-state index in [4.69, 9.17) is 4.42 Å². The van der Waals surface area contributed by atoms with Gasteiger partial charge in [-0.1, -0.05) is 44.2 Å². The van der Waals surface area contributed by atoms with Gasteiger partial charge in [0.2, 0.25) is 0 Å². The number of ketones is 2. The number of benzene rings is 1. The molecule has 1 aromatic carbocycles. The third kappa shape index (κ3) is 2.68. The van der Waals surface area contributed by atoms with Gasteiger partial charge in [-0.25, -0.2) is 0 Å². The van der Waals surface area contributed by atoms with E-state index in [0.717, 1.165) is 6.08 Å². The van der Waals surface area contributed by atoms with Gasteiger partial charge in [-0.05, 0) is 12.0 Å². The maximum Gasteiger partial charge on any atom is 0.437 e. The van der Waals surface area contributed by atoms with Gasteiger partial charge in [-0.3, -0.25) is 19.7 Å². The molecule has 1 aliphatic rings. The number of aliphatic hydroxyl groups excluding tert-OH is 1. The molecule has 1 heterocycles. The molecule has 1 aliphatic carbocycles. The fraction of sp³-hybridized carbons (Fsp3) is 0.222. The maximum absolute atomic E-state index is 12.9. The molecule has 0 saturated carbocycles. The minimum Gasteiger partial charge on any atom is -0.401 e. The van der Waals surface area contributed by atoms with Crippen molar-refractivity contribution in [1.82, 2.24) is 0 Å². The second-order valence-electron chi connectivity index (χ2n) is 6.02. The summed E-state index contributed by atoms with van der Waals surface area (Å²) in [7, 11) is 0. The number of nitrogens with zero attached hydrogens (tertiary/aromatic N) is 1. The van der Waals surface area contributed by atoms with Crippen LogP contribution in [-0.4, -0.2) is 27.7 Å². The third-order valence-corrected chi connectivity index (χ3v) is 4.03. The average Bonchev–Trinajstić information content (AvgIpc) is 2.95. The summed E-state index contributed by atoms with van der Waals surface area (Å²) in [6.45, 7) is 3.41. The van der Waals surface area contributed by atoms with E-state index in [1.807, 2.05) is 0 Å². The summed E-state index contributed by atoms with van der Waals surface area (Å²) in [6, 6.07) is 8.09. The molecule has 0 spiro atoms. The predicted molar refractivity (Wildman–Crippen MR) is 88.4 cm³/mol. The summed E-state index contributed by atoms with van der Waals surface area (Å²) >= 11 is 0. The molecule has 2 aromatic rings. The Bertz CT molecular complexity index is 1000. The Hall–Kier alpha value is -3.06. The van der Waals surface area contributed by atoms with Crippen molar-refractivity contribution in [2.24, 2.45) is 0 Å². The molecule has 1 unspecified atom stereocenters. The van der Waals surface area contributed by atoms with Crippen LogP contribution in [0.15, 0.2) is 34.7 Å². The lowest BCUT2D eigenvalue weighted by molar-refractivity contribution is -0.403. The summed E-state index contributed by atoms with van der Waals surface area (Å²) in [6.07, 6.45) is -0.487. The smallest absolute Gasteiger partial charge is 0.401 e. The largest absolute Gasteiger partial charge is 0.437 e. The Morgan fingerprint density at radius 2 is 1.92 bits per heavy atom. The van der Waals surface area contributed by atoms with Crippen LogP contribution in [-0.2, 0) is 4.79 Å². The molecule has 128 valence electrons. The van der Waals surface area contributed by atoms with Gasteiger partial charge in [0.1, 0.15) is 16.4 Å². The maximum atomic E-state index is 12.9. The number of furan rings is 1. The predicted octanol–water partition coefficient (Wildman–Crippen LogP) is 1.07. The number of hydrogen-bond acceptors (Lipinski definition) is 6. The van der Waals surface area contributed by atoms with Crippen LogP contribution in [0.25, 0.3) is 11.6 Å². The SMILES string of the molecule is CC(C)c1c([N+](=O)[O-])oc2c1=C(C(=O)c1ccccc1)C(=O)C(O)C=2. The lowest BCUT2D eigenvalue weighted by Gasteiger charge is -2.12. The van der Waals surface area contributed by atoms with Crippen molar-refractivity contribution in [3.05, 3.63) is 62.2 Å². The van der Waals surface area contributed by atoms with E-state index in [2.05, 4.69) is 0 Å². The molecule has 1 N–H and O–H groups in total. The number of carbonyl (C=O) groups is 2. The summed E-state index contributed by atoms with van der Waals surface area (Å²) in [5.74, 6) is -2.27. The Labute approximate surface area is 142 Å². The molecule has 7 heteroatoms. The van der Waals surface area contributed by atoms with Crippen LogP contribution in [0.1, 0.15) is 35.7 Å². The highest BCUT2D eigenvalue weighted by Gasteiger charge is 2.35. The second-order valence-corrected chi connectivity index (χ2v) is 6.02. The lowest BCUT2D eigenvalue weighted by Crippen LogP contribution is -2.41. The van der Waals surface area contributed by atoms with Crippen molar-refractivity contribution < 1.29 is 24.0 Å². The van der Waals surface area contributed by atoms with E-state index in [-0.39, 0.29) is 33.3 Å². The van der Waals surface area contributed by atoms with Gasteiger partial charge in [0.15, 0.2) is 11.6 Å². The molecule has 3 rings (SSSR count). The number of hydrogen-bond donors (Lipinski definition) is 1. The molecule has 1 aromatic heterocycles. The molecule has 7 nitrogen and oxygen atoms in total. The molecule has 0 radical (unpaired) electrons. The topological polar surface area (TPSA) is 111 Å². The molecule has 0 amide bonds. The van der Waals surface area contributed by atoms with Crippen LogP contribution in [0.2, 0.25) is 0 Å². The molecule has 0 bridgehead atoms. The fourth-order valence-electron chi connectivity index (χ4n) is 2.95. The minimum absolute atomic E-state index is 0.0261. The summed E-state index contributed by atoms with van der Waals surface area (Å²) in [5.41, 5.74) is 0.124. The highest BCUT2D eigenvalue weighted by atomic mass is 16.6. The van der Waals surface area contributed by atoms with Crippen molar-refractivity contribution >= 4 is 29.1 Å². The highest BCUT2D eigenvalue weighted by Crippen LogP contribution is 2.24. The van der Waals surface area contributed by atoms with E-state index in [1.54, 1.807) is 32.0 Å². The minimum atomic E-state index is -1.58. The summed E-state index contributed by atoms with van der Waals surface area (Å²) in [4.78, 5) is 36.0. The zero-order valence-electron chi connectivity index (χ0n) is 13.6. The van der Waals surface area contributed by atoms with Crippen LogP contribution >= 0.6 is 0 Å². The van der Waals surface area contributed by atoms with Crippen LogP contribution in [0.4, 0.5) is 5.88 Å². The number of Topliss-reactive ketones (excluding diaryl/α,β-unsaturated/α-hetero) is 2. The van der Waals surface area contributed by atoms with E-state index in [1.165, 1.54) is 12.1 Å². The van der Waals surface area contributed by atoms with E-state index in [9.17, 15) is 24.8 Å². The number of aliphatic hydroxyl groups is 1. The van der Waals surface area contributed by atoms with Gasteiger partial charge in [-0.2, -0.15) is 0 Å². The van der Waals surface area contributed by atoms with Gasteiger partial charge < -0.3 is 9.52 Å². The van der Waals surface area contributed by atoms with E-state index >= 15 is 0 Å². The van der Waals surface area contributed by atoms with Gasteiger partial charge in [0.25, 0.3) is 0 Å². The van der Waals surface area contributed by atoms with Crippen LogP contribution in [0.3, 0.4) is 0 Å². The first-order valence-electron chi connectivity index (χ1n) is 7.68. The highest BCUT2D eigenvalue weighted by molar-refractivity contribution is 6.47. The van der Waals surface area contributed by atoms with E-state index < -0.39 is 28.5 Å². The normalized spacial score (nSPS) is 16.6. The zero-order valence-corrected chi connectivity index (χ0v) is 13.6. The van der Waals surface area contributed by atoms with Crippen molar-refractivity contribution in [3.8, 4) is 0 Å². The molecule has 1 atom stereocenters. The van der Waals surface area contributed by atoms with Gasteiger partial charge in [0, 0.05) is 10.8 Å². The quantitative estimate of drug-likeness (QED) is 0.506. The first-order valence-corrected chi connectivity index (χ1v) is 7.68. The number of carbonyl (C=O) groups excluding carboxylic acids is 2. The van der Waals surface area contributed by atoms with Gasteiger partial charge >= 0.3 is 5.88 Å². The van der Waals surface area contributed by atoms with Crippen molar-refractivity contribution in [2.75, 3.05) is 0 Å². The van der Waals surface area contributed by atoms with Crippen LogP contribution < -0.4 is 10.6 Å². The zero-order chi connectivity index (χ0) is 18.3. The molecule has 0 saturated heterocycles. The Morgan fingerprint density at radius 3 is 2.48 bits per heavy atom. The number of rotatable bonds is 4. The fourth-order valence-corrected chi connectivity index (χ4v) is 2.95. The van der Waals surface area contributed by atoms with Crippen molar-refractivity contribution in [2.45, 2.75) is 25.9 Å². The number of nitro groups is 1. The van der Waals surface area contributed by atoms with Gasteiger partial charge in [0.05, 0.1) is 11.1 Å². The van der Waals surface area contributed by atoms with Crippen molar-refractivity contribution in [3.63, 3.8) is 0 Å². The molecule has 0 fully saturated rings. The first kappa shape index (κ1) is 16.8. The van der Waals surface area contributed by atoms with Gasteiger partial charge in [-0.15, -0.1) is 0 Å². The van der Waals surface area contributed by atoms with Crippen LogP contribution in [0.5, 0.6) is 0 Å². The van der Waals surface area contributed by atoms with Crippen LogP contribution in [0, 0.1) is 10.1 Å². The van der Waals surface area contributed by atoms with Crippen molar-refractivity contribution in [1.29, 1.82) is 0 Å². The Morgan fingerprint density at radius 1 is 1.28 bits per heavy atom.